The van der Waals surface area contributed by atoms with Crippen molar-refractivity contribution in [2.75, 3.05) is 0 Å². The van der Waals surface area contributed by atoms with E-state index in [2.05, 4.69) is 351 Å². The summed E-state index contributed by atoms with van der Waals surface area (Å²) in [7, 11) is 0. The summed E-state index contributed by atoms with van der Waals surface area (Å²) in [5, 5.41) is 13.6. The molecule has 2 aliphatic carbocycles. The van der Waals surface area contributed by atoms with Gasteiger partial charge in [-0.25, -0.2) is 0 Å². The molecule has 3 aromatic heterocycles. The summed E-state index contributed by atoms with van der Waals surface area (Å²) in [6.07, 6.45) is 0. The molecule has 0 unspecified atom stereocenters. The number of Topliss-reactive ketones (excluding diaryl/α,β-unsaturated/α-hetero) is 1. The lowest BCUT2D eigenvalue weighted by Gasteiger charge is -2.34. The van der Waals surface area contributed by atoms with E-state index in [-0.39, 0.29) is 23.5 Å². The third kappa shape index (κ3) is 9.86. The zero-order valence-electron chi connectivity index (χ0n) is 60.4. The molecule has 0 fully saturated rings. The highest BCUT2D eigenvalue weighted by Gasteiger charge is 2.48. The van der Waals surface area contributed by atoms with Crippen LogP contribution < -0.4 is 0 Å². The molecule has 17 aromatic rings. The molecule has 0 radical (unpaired) electrons. The van der Waals surface area contributed by atoms with E-state index in [1.54, 1.807) is 0 Å². The van der Waals surface area contributed by atoms with Crippen LogP contribution in [0.1, 0.15) is 135 Å². The van der Waals surface area contributed by atoms with Gasteiger partial charge in [0.25, 0.3) is 0 Å². The number of benzene rings is 14. The summed E-state index contributed by atoms with van der Waals surface area (Å²) >= 11 is 7.25. The van der Waals surface area contributed by atoms with Crippen molar-refractivity contribution in [2.45, 2.75) is 105 Å². The Morgan fingerprint density at radius 3 is 1.23 bits per heavy atom. The first-order chi connectivity index (χ1) is 49.1. The molecular weight excluding hydrogens is 1240 g/mol. The number of carbonyl (C=O) groups excluding carboxylic acids is 1. The van der Waals surface area contributed by atoms with Crippen molar-refractivity contribution in [3.05, 3.63) is 356 Å². The van der Waals surface area contributed by atoms with E-state index in [9.17, 15) is 4.79 Å². The molecular formula is C97H81ClN2O. The lowest BCUT2D eigenvalue weighted by molar-refractivity contribution is -0.115. The minimum absolute atomic E-state index is 0.0135. The Kier molecular flexibility index (Phi) is 14.4. The number of ketones is 1. The van der Waals surface area contributed by atoms with Crippen molar-refractivity contribution in [1.82, 2.24) is 8.97 Å². The van der Waals surface area contributed by atoms with E-state index in [4.69, 9.17) is 13.0 Å². The summed E-state index contributed by atoms with van der Waals surface area (Å²) in [5.41, 5.74) is 29.9. The maximum atomic E-state index is 9.62. The normalized spacial score (nSPS) is 13.7. The standard InChI is InChI=1S/C47H38ClN.C47H37N.C3H6O/c1-29-16-20-37-39-25-31-18-19-36(49-44-23-30(2)17-21-38(44)40-27-35(46(3,4)5)28-43(48)45(40)49)24-32(31)26-42(39)47(41(37)22-29,33-12-8-6-9-13-33)34-14-10-7-11-15-34;1-28-16-18-35-37-22-30-23-38-40-27-34(46(3,4)5)26-39-36-19-17-29(2)21-43(36)48(45(39)40)44(38)25-31(30)24-42(37)47(41(35)20-28,32-12-8-6-9-13-32)33-14-10-7-11-15-33;1-3(2)4/h6-28H,1-5H3;6-27H,1-5H3;1-2H3/i;;1D. The Hall–Kier alpha value is -10.8. The Bertz CT molecular complexity index is 6180. The van der Waals surface area contributed by atoms with Crippen LogP contribution in [-0.2, 0) is 26.5 Å². The average Bonchev–Trinajstić information content (AvgIpc) is 1.53. The monoisotopic (exact) mass is 1330 g/mol. The number of fused-ring (bicyclic) bond motifs is 17. The highest BCUT2D eigenvalue weighted by atomic mass is 35.5. The minimum Gasteiger partial charge on any atom is -0.308 e. The Morgan fingerprint density at radius 1 is 0.356 bits per heavy atom. The zero-order chi connectivity index (χ0) is 70.5. The Morgan fingerprint density at radius 2 is 0.743 bits per heavy atom. The van der Waals surface area contributed by atoms with Crippen molar-refractivity contribution in [1.29, 1.82) is 0 Å². The molecule has 492 valence electrons. The summed E-state index contributed by atoms with van der Waals surface area (Å²) in [5.74, 6) is -0.0787. The van der Waals surface area contributed by atoms with Gasteiger partial charge in [-0.15, -0.1) is 0 Å². The molecule has 101 heavy (non-hydrogen) atoms. The van der Waals surface area contributed by atoms with Gasteiger partial charge < -0.3 is 13.8 Å². The summed E-state index contributed by atoms with van der Waals surface area (Å²) < 4.78 is 11.2. The molecule has 0 bridgehead atoms. The first kappa shape index (κ1) is 62.4. The number of hydrogen-bond acceptors (Lipinski definition) is 1. The lowest BCUT2D eigenvalue weighted by Crippen LogP contribution is -2.28. The van der Waals surface area contributed by atoms with Gasteiger partial charge in [-0.05, 0) is 248 Å². The summed E-state index contributed by atoms with van der Waals surface area (Å²) in [6.45, 7) is 23.8. The molecule has 14 aromatic carbocycles. The molecule has 4 heteroatoms. The van der Waals surface area contributed by atoms with Gasteiger partial charge in [0.2, 0.25) is 0 Å². The predicted octanol–water partition coefficient (Wildman–Crippen LogP) is 25.7. The van der Waals surface area contributed by atoms with Gasteiger partial charge in [-0.1, -0.05) is 252 Å². The van der Waals surface area contributed by atoms with E-state index < -0.39 is 10.8 Å². The molecule has 2 aliphatic rings. The van der Waals surface area contributed by atoms with Crippen LogP contribution in [0.15, 0.2) is 273 Å². The molecule has 3 nitrogen and oxygen atoms in total. The van der Waals surface area contributed by atoms with Crippen molar-refractivity contribution in [3.8, 4) is 27.9 Å². The quantitative estimate of drug-likeness (QED) is 0.169. The number of hydrogen-bond donors (Lipinski definition) is 0. The van der Waals surface area contributed by atoms with E-state index in [0.29, 0.717) is 0 Å². The Balaban J connectivity index is 0.000000142. The van der Waals surface area contributed by atoms with Crippen LogP contribution in [-0.4, -0.2) is 14.8 Å². The maximum Gasteiger partial charge on any atom is 0.126 e. The molecule has 0 aliphatic heterocycles. The van der Waals surface area contributed by atoms with Gasteiger partial charge in [0.15, 0.2) is 0 Å². The van der Waals surface area contributed by atoms with E-state index >= 15 is 0 Å². The van der Waals surface area contributed by atoms with Gasteiger partial charge in [-0.3, -0.25) is 0 Å². The summed E-state index contributed by atoms with van der Waals surface area (Å²) in [4.78, 5) is 9.62. The minimum atomic E-state index is -0.444. The zero-order valence-corrected chi connectivity index (χ0v) is 60.1. The number of carbonyl (C=O) groups is 1. The van der Waals surface area contributed by atoms with Crippen molar-refractivity contribution < 1.29 is 6.17 Å². The van der Waals surface area contributed by atoms with Gasteiger partial charge in [-0.2, -0.15) is 0 Å². The number of rotatable bonds is 5. The first-order valence-corrected chi connectivity index (χ1v) is 35.8. The highest BCUT2D eigenvalue weighted by molar-refractivity contribution is 6.37. The van der Waals surface area contributed by atoms with Crippen molar-refractivity contribution in [3.63, 3.8) is 0 Å². The molecule has 3 heterocycles. The fourth-order valence-corrected chi connectivity index (χ4v) is 17.6. The molecule has 0 atom stereocenters. The number of aromatic nitrogens is 2. The maximum absolute atomic E-state index is 9.62. The van der Waals surface area contributed by atoms with E-state index in [1.165, 1.54) is 183 Å². The fraction of sp³-hybridized carbons (Fsp3) is 0.165. The van der Waals surface area contributed by atoms with Crippen LogP contribution in [0.25, 0.3) is 109 Å². The first-order valence-electron chi connectivity index (χ1n) is 36.2. The molecule has 0 saturated heterocycles. The smallest absolute Gasteiger partial charge is 0.126 e. The fourth-order valence-electron chi connectivity index (χ4n) is 17.3. The van der Waals surface area contributed by atoms with Gasteiger partial charge in [0, 0.05) is 39.4 Å². The van der Waals surface area contributed by atoms with Crippen LogP contribution >= 0.6 is 11.6 Å². The highest BCUT2D eigenvalue weighted by Crippen LogP contribution is 2.60. The third-order valence-corrected chi connectivity index (χ3v) is 22.2. The number of halogens is 1. The van der Waals surface area contributed by atoms with Crippen molar-refractivity contribution in [2.24, 2.45) is 0 Å². The third-order valence-electron chi connectivity index (χ3n) is 21.9. The number of nitrogens with zero attached hydrogens (tertiary/aromatic N) is 2. The molecule has 0 spiro atoms. The Labute approximate surface area is 598 Å². The van der Waals surface area contributed by atoms with Gasteiger partial charge >= 0.3 is 0 Å². The molecule has 19 rings (SSSR count). The second-order valence-electron chi connectivity index (χ2n) is 30.8. The molecule has 0 N–H and O–H groups in total. The summed E-state index contributed by atoms with van der Waals surface area (Å²) in [6, 6.07) is 103. The van der Waals surface area contributed by atoms with Gasteiger partial charge in [0.1, 0.15) is 5.78 Å². The average molecular weight is 1330 g/mol. The van der Waals surface area contributed by atoms with Crippen LogP contribution in [0.3, 0.4) is 0 Å². The van der Waals surface area contributed by atoms with Crippen LogP contribution in [0.2, 0.25) is 5.02 Å². The van der Waals surface area contributed by atoms with E-state index in [0.717, 1.165) is 16.2 Å². The lowest BCUT2D eigenvalue weighted by atomic mass is 9.67. The topological polar surface area (TPSA) is 26.4 Å². The molecule has 0 saturated carbocycles. The van der Waals surface area contributed by atoms with Gasteiger partial charge in [0.05, 0.1) is 43.4 Å². The van der Waals surface area contributed by atoms with E-state index in [1.807, 2.05) is 0 Å². The van der Waals surface area contributed by atoms with Crippen molar-refractivity contribution >= 4 is 98.8 Å². The largest absolute Gasteiger partial charge is 0.308 e. The second-order valence-corrected chi connectivity index (χ2v) is 31.2. The molecule has 0 amide bonds. The van der Waals surface area contributed by atoms with Crippen LogP contribution in [0, 0.1) is 27.7 Å². The number of aryl methyl sites for hydroxylation is 4. The van der Waals surface area contributed by atoms with Crippen LogP contribution in [0.5, 0.6) is 0 Å². The predicted molar refractivity (Wildman–Crippen MR) is 429 cm³/mol. The second kappa shape index (κ2) is 23.4. The van der Waals surface area contributed by atoms with Crippen LogP contribution in [0.4, 0.5) is 0 Å². The SMILES string of the molecule is Cc1ccc2c(c1)C(c1ccccc1)(c1ccccc1)c1cc3cc(-n4c5cc(C)ccc5c5cc(C(C)(C)C)cc(Cl)c54)ccc3cc1-2.Cc1ccc2c(c1)C(c1ccccc1)(c1ccccc1)c1cc3cc4c(cc3cc1-2)c1cc(C(C)(C)C)cc2c3ccc(C)cc3n4c21.[2H]CC(C)=O.